The number of hydrogen-bond acceptors (Lipinski definition) is 4. The van der Waals surface area contributed by atoms with Gasteiger partial charge in [-0.3, -0.25) is 0 Å². The highest BCUT2D eigenvalue weighted by Crippen LogP contribution is 2.36. The van der Waals surface area contributed by atoms with Crippen LogP contribution in [0.2, 0.25) is 0 Å². The Hall–Kier alpha value is -3.37. The third-order valence-electron chi connectivity index (χ3n) is 4.85. The number of alkyl halides is 3. The van der Waals surface area contributed by atoms with Crippen molar-refractivity contribution < 1.29 is 36.8 Å². The van der Waals surface area contributed by atoms with Crippen LogP contribution in [-0.2, 0) is 28.5 Å². The molecule has 3 aromatic carbocycles. The smallest absolute Gasteiger partial charge is 0.416 e. The average Bonchev–Trinajstić information content (AvgIpc) is 2.82. The lowest BCUT2D eigenvalue weighted by Crippen LogP contribution is -2.21. The third kappa shape index (κ3) is 6.36. The highest BCUT2D eigenvalue weighted by atomic mass is 32.2. The van der Waals surface area contributed by atoms with Gasteiger partial charge in [-0.1, -0.05) is 18.2 Å². The van der Waals surface area contributed by atoms with E-state index in [0.29, 0.717) is 21.8 Å². The minimum absolute atomic E-state index is 0.129. The van der Waals surface area contributed by atoms with Gasteiger partial charge in [0.25, 0.3) is 0 Å². The lowest BCUT2D eigenvalue weighted by Gasteiger charge is -2.18. The molecule has 0 aliphatic carbocycles. The lowest BCUT2D eigenvalue weighted by atomic mass is 9.99. The quantitative estimate of drug-likeness (QED) is 0.454. The van der Waals surface area contributed by atoms with Crippen LogP contribution in [0.15, 0.2) is 71.6 Å². The van der Waals surface area contributed by atoms with Gasteiger partial charge in [-0.25, -0.2) is 13.3 Å². The number of halogens is 3. The standard InChI is InChI=1S/C24H22F3NO5S/c1-28(34(31)20-9-7-19(32-2)8-10-20)14-16-6-11-22(33-15-23(29)30)21(12-16)17-4-3-5-18(13-17)24(25,26)27/h3-13H,14-15H2,1-2H3,(H,29,30). The molecule has 0 amide bonds. The number of carboxylic acids is 1. The molecule has 0 bridgehead atoms. The molecule has 3 rings (SSSR count). The number of nitrogens with zero attached hydrogens (tertiary/aromatic N) is 1. The summed E-state index contributed by atoms with van der Waals surface area (Å²) >= 11 is 0. The number of rotatable bonds is 9. The summed E-state index contributed by atoms with van der Waals surface area (Å²) in [6.45, 7) is -0.434. The van der Waals surface area contributed by atoms with Gasteiger partial charge < -0.3 is 14.6 Å². The Morgan fingerprint density at radius 1 is 1.06 bits per heavy atom. The molecule has 180 valence electrons. The molecule has 0 radical (unpaired) electrons. The van der Waals surface area contributed by atoms with Crippen LogP contribution < -0.4 is 9.47 Å². The lowest BCUT2D eigenvalue weighted by molar-refractivity contribution is -0.139. The normalized spacial score (nSPS) is 12.4. The zero-order valence-electron chi connectivity index (χ0n) is 18.3. The van der Waals surface area contributed by atoms with Gasteiger partial charge in [-0.05, 0) is 59.7 Å². The van der Waals surface area contributed by atoms with Crippen molar-refractivity contribution in [1.82, 2.24) is 4.31 Å². The molecule has 0 spiro atoms. The molecule has 0 aromatic heterocycles. The second-order valence-electron chi connectivity index (χ2n) is 7.30. The molecule has 0 fully saturated rings. The third-order valence-corrected chi connectivity index (χ3v) is 6.22. The minimum Gasteiger partial charge on any atom is -0.497 e. The van der Waals surface area contributed by atoms with Crippen molar-refractivity contribution in [3.05, 3.63) is 77.9 Å². The molecule has 6 nitrogen and oxygen atoms in total. The van der Waals surface area contributed by atoms with Gasteiger partial charge in [0.15, 0.2) is 6.61 Å². The fraction of sp³-hybridized carbons (Fsp3) is 0.208. The van der Waals surface area contributed by atoms with Gasteiger partial charge in [-0.2, -0.15) is 13.2 Å². The SMILES string of the molecule is COc1ccc(S(=O)N(C)Cc2ccc(OCC(=O)O)c(-c3cccc(C(F)(F)F)c3)c2)cc1. The van der Waals surface area contributed by atoms with E-state index in [1.807, 2.05) is 0 Å². The molecule has 3 aromatic rings. The summed E-state index contributed by atoms with van der Waals surface area (Å²) in [5.41, 5.74) is 0.334. The minimum atomic E-state index is -4.54. The van der Waals surface area contributed by atoms with Gasteiger partial charge in [0.1, 0.15) is 22.5 Å². The molecule has 10 heteroatoms. The molecule has 1 N–H and O–H groups in total. The summed E-state index contributed by atoms with van der Waals surface area (Å²) in [5, 5.41) is 8.94. The molecule has 34 heavy (non-hydrogen) atoms. The number of carboxylic acid groups (broad SMARTS) is 1. The fourth-order valence-corrected chi connectivity index (χ4v) is 4.21. The molecule has 0 heterocycles. The van der Waals surface area contributed by atoms with E-state index in [0.717, 1.165) is 12.1 Å². The molecule has 1 unspecified atom stereocenters. The Kier molecular flexibility index (Phi) is 7.95. The monoisotopic (exact) mass is 493 g/mol. The predicted molar refractivity (Wildman–Crippen MR) is 121 cm³/mol. The van der Waals surface area contributed by atoms with Crippen molar-refractivity contribution in [1.29, 1.82) is 0 Å². The maximum Gasteiger partial charge on any atom is 0.416 e. The molecule has 0 saturated heterocycles. The maximum atomic E-state index is 13.2. The zero-order chi connectivity index (χ0) is 24.9. The van der Waals surface area contributed by atoms with E-state index in [1.165, 1.54) is 25.3 Å². The number of carbonyl (C=O) groups is 1. The summed E-state index contributed by atoms with van der Waals surface area (Å²) in [4.78, 5) is 11.5. The van der Waals surface area contributed by atoms with Crippen molar-refractivity contribution in [2.45, 2.75) is 17.6 Å². The largest absolute Gasteiger partial charge is 0.497 e. The van der Waals surface area contributed by atoms with Gasteiger partial charge in [0.2, 0.25) is 0 Å². The van der Waals surface area contributed by atoms with Crippen LogP contribution in [0, 0.1) is 0 Å². The molecular weight excluding hydrogens is 471 g/mol. The number of ether oxygens (including phenoxy) is 2. The van der Waals surface area contributed by atoms with Crippen LogP contribution in [-0.4, -0.2) is 40.4 Å². The van der Waals surface area contributed by atoms with Crippen LogP contribution in [0.25, 0.3) is 11.1 Å². The fourth-order valence-electron chi connectivity index (χ4n) is 3.22. The highest BCUT2D eigenvalue weighted by molar-refractivity contribution is 7.82. The molecule has 0 aliphatic heterocycles. The first-order chi connectivity index (χ1) is 16.1. The molecular formula is C24H22F3NO5S. The van der Waals surface area contributed by atoms with Gasteiger partial charge in [-0.15, -0.1) is 0 Å². The number of aliphatic carboxylic acids is 1. The Labute approximate surface area is 197 Å². The first-order valence-electron chi connectivity index (χ1n) is 10.0. The highest BCUT2D eigenvalue weighted by Gasteiger charge is 2.30. The number of methoxy groups -OCH3 is 1. The molecule has 1 atom stereocenters. The van der Waals surface area contributed by atoms with E-state index in [9.17, 15) is 22.2 Å². The second-order valence-corrected chi connectivity index (χ2v) is 8.90. The van der Waals surface area contributed by atoms with Gasteiger partial charge in [0.05, 0.1) is 17.6 Å². The van der Waals surface area contributed by atoms with Crippen LogP contribution in [0.4, 0.5) is 13.2 Å². The van der Waals surface area contributed by atoms with Crippen molar-refractivity contribution >= 4 is 17.0 Å². The summed E-state index contributed by atoms with van der Waals surface area (Å²) in [6.07, 6.45) is -4.54. The van der Waals surface area contributed by atoms with E-state index in [1.54, 1.807) is 47.8 Å². The van der Waals surface area contributed by atoms with Crippen LogP contribution in [0.5, 0.6) is 11.5 Å². The van der Waals surface area contributed by atoms with Crippen molar-refractivity contribution in [3.8, 4) is 22.6 Å². The average molecular weight is 494 g/mol. The Morgan fingerprint density at radius 2 is 1.76 bits per heavy atom. The summed E-state index contributed by atoms with van der Waals surface area (Å²) in [6, 6.07) is 16.2. The van der Waals surface area contributed by atoms with Gasteiger partial charge in [0, 0.05) is 19.2 Å². The van der Waals surface area contributed by atoms with Gasteiger partial charge >= 0.3 is 12.1 Å². The van der Waals surface area contributed by atoms with Crippen LogP contribution in [0.3, 0.4) is 0 Å². The van der Waals surface area contributed by atoms with E-state index in [-0.39, 0.29) is 17.9 Å². The predicted octanol–water partition coefficient (Wildman–Crippen LogP) is 5.00. The Balaban J connectivity index is 1.91. The summed E-state index contributed by atoms with van der Waals surface area (Å²) in [7, 11) is 1.68. The summed E-state index contributed by atoms with van der Waals surface area (Å²) in [5.74, 6) is -0.454. The van der Waals surface area contributed by atoms with E-state index >= 15 is 0 Å². The van der Waals surface area contributed by atoms with Crippen molar-refractivity contribution in [2.75, 3.05) is 20.8 Å². The second kappa shape index (κ2) is 10.7. The Bertz CT molecular complexity index is 1180. The zero-order valence-corrected chi connectivity index (χ0v) is 19.2. The topological polar surface area (TPSA) is 76.1 Å². The first kappa shape index (κ1) is 25.3. The first-order valence-corrected chi connectivity index (χ1v) is 11.1. The number of hydrogen-bond donors (Lipinski definition) is 1. The Morgan fingerprint density at radius 3 is 2.38 bits per heavy atom. The maximum absolute atomic E-state index is 13.2. The van der Waals surface area contributed by atoms with E-state index in [4.69, 9.17) is 14.6 Å². The van der Waals surface area contributed by atoms with E-state index in [2.05, 4.69) is 0 Å². The molecule has 0 aliphatic rings. The van der Waals surface area contributed by atoms with E-state index < -0.39 is 35.3 Å². The van der Waals surface area contributed by atoms with Crippen LogP contribution in [0.1, 0.15) is 11.1 Å². The van der Waals surface area contributed by atoms with Crippen molar-refractivity contribution in [2.24, 2.45) is 0 Å². The van der Waals surface area contributed by atoms with Crippen LogP contribution >= 0.6 is 0 Å². The summed E-state index contributed by atoms with van der Waals surface area (Å²) < 4.78 is 64.6. The number of benzene rings is 3. The molecule has 0 saturated carbocycles. The van der Waals surface area contributed by atoms with Crippen molar-refractivity contribution in [3.63, 3.8) is 0 Å².